The first-order valence-electron chi connectivity index (χ1n) is 5.98. The minimum Gasteiger partial charge on any atom is -0.508 e. The topological polar surface area (TPSA) is 66.6 Å². The Morgan fingerprint density at radius 2 is 1.95 bits per heavy atom. The lowest BCUT2D eigenvalue weighted by atomic mass is 10.1. The van der Waals surface area contributed by atoms with Crippen LogP contribution in [0.2, 0.25) is 0 Å². The Morgan fingerprint density at radius 1 is 1.21 bits per heavy atom. The number of carbonyl (C=O) groups excluding carboxylic acids is 1. The third-order valence-corrected chi connectivity index (χ3v) is 2.97. The number of rotatable bonds is 3. The summed E-state index contributed by atoms with van der Waals surface area (Å²) in [5, 5.41) is 9.42. The molecule has 0 radical (unpaired) electrons. The number of carbonyl (C=O) groups is 1. The molecule has 1 amide bonds. The zero-order chi connectivity index (χ0) is 13.8. The average Bonchev–Trinajstić information content (AvgIpc) is 2.45. The number of phenolic OH excluding ortho intramolecular Hbond substituents is 1. The Kier molecular flexibility index (Phi) is 3.82. The summed E-state index contributed by atoms with van der Waals surface area (Å²) in [5.41, 5.74) is 7.79. The lowest BCUT2D eigenvalue weighted by Crippen LogP contribution is -2.27. The van der Waals surface area contributed by atoms with Gasteiger partial charge in [-0.2, -0.15) is 0 Å². The van der Waals surface area contributed by atoms with Crippen molar-refractivity contribution >= 4 is 11.6 Å². The van der Waals surface area contributed by atoms with E-state index in [1.165, 1.54) is 17.0 Å². The van der Waals surface area contributed by atoms with Gasteiger partial charge in [0.1, 0.15) is 5.75 Å². The smallest absolute Gasteiger partial charge is 0.258 e. The van der Waals surface area contributed by atoms with Crippen molar-refractivity contribution in [1.82, 2.24) is 0 Å². The summed E-state index contributed by atoms with van der Waals surface area (Å²) in [7, 11) is 1.70. The maximum atomic E-state index is 12.3. The summed E-state index contributed by atoms with van der Waals surface area (Å²) in [6.07, 6.45) is 0. The van der Waals surface area contributed by atoms with Crippen molar-refractivity contribution in [3.8, 4) is 5.75 Å². The molecule has 0 aromatic heterocycles. The largest absolute Gasteiger partial charge is 0.508 e. The fourth-order valence-corrected chi connectivity index (χ4v) is 1.95. The second kappa shape index (κ2) is 5.54. The number of para-hydroxylation sites is 1. The number of benzene rings is 2. The molecule has 0 aliphatic rings. The first-order chi connectivity index (χ1) is 9.13. The van der Waals surface area contributed by atoms with Gasteiger partial charge in [0, 0.05) is 24.8 Å². The van der Waals surface area contributed by atoms with Crippen LogP contribution in [0.3, 0.4) is 0 Å². The monoisotopic (exact) mass is 256 g/mol. The number of aromatic hydroxyl groups is 1. The molecule has 2 aromatic carbocycles. The molecule has 0 aliphatic heterocycles. The fourth-order valence-electron chi connectivity index (χ4n) is 1.95. The van der Waals surface area contributed by atoms with Crippen molar-refractivity contribution in [1.29, 1.82) is 0 Å². The zero-order valence-electron chi connectivity index (χ0n) is 10.7. The van der Waals surface area contributed by atoms with Crippen LogP contribution >= 0.6 is 0 Å². The van der Waals surface area contributed by atoms with Crippen molar-refractivity contribution in [3.05, 3.63) is 59.7 Å². The molecule has 19 heavy (non-hydrogen) atoms. The molecule has 98 valence electrons. The zero-order valence-corrected chi connectivity index (χ0v) is 10.7. The van der Waals surface area contributed by atoms with Gasteiger partial charge >= 0.3 is 0 Å². The van der Waals surface area contributed by atoms with E-state index in [0.717, 1.165) is 11.3 Å². The molecule has 0 unspecified atom stereocenters. The van der Waals surface area contributed by atoms with E-state index in [1.807, 2.05) is 24.3 Å². The lowest BCUT2D eigenvalue weighted by molar-refractivity contribution is 0.0992. The van der Waals surface area contributed by atoms with Crippen LogP contribution in [0.15, 0.2) is 48.5 Å². The second-order valence-electron chi connectivity index (χ2n) is 4.25. The van der Waals surface area contributed by atoms with Crippen molar-refractivity contribution in [2.45, 2.75) is 6.54 Å². The maximum Gasteiger partial charge on any atom is 0.258 e. The summed E-state index contributed by atoms with van der Waals surface area (Å²) in [5.74, 6) is -0.108. The van der Waals surface area contributed by atoms with Gasteiger partial charge in [-0.05, 0) is 29.8 Å². The molecule has 4 heteroatoms. The highest BCUT2D eigenvalue weighted by atomic mass is 16.3. The highest BCUT2D eigenvalue weighted by Crippen LogP contribution is 2.21. The van der Waals surface area contributed by atoms with Crippen LogP contribution in [0.25, 0.3) is 0 Å². The van der Waals surface area contributed by atoms with Crippen molar-refractivity contribution in [2.75, 3.05) is 11.9 Å². The minimum absolute atomic E-state index is 0.0753. The van der Waals surface area contributed by atoms with E-state index in [1.54, 1.807) is 19.2 Å². The van der Waals surface area contributed by atoms with Gasteiger partial charge in [0.15, 0.2) is 0 Å². The van der Waals surface area contributed by atoms with Crippen molar-refractivity contribution in [3.63, 3.8) is 0 Å². The number of hydrogen-bond acceptors (Lipinski definition) is 3. The predicted octanol–water partition coefficient (Wildman–Crippen LogP) is 2.13. The molecule has 0 spiro atoms. The number of amides is 1. The summed E-state index contributed by atoms with van der Waals surface area (Å²) in [6.45, 7) is 0.369. The molecular formula is C15H16N2O2. The molecular weight excluding hydrogens is 240 g/mol. The van der Waals surface area contributed by atoms with Gasteiger partial charge in [0.05, 0.1) is 0 Å². The van der Waals surface area contributed by atoms with E-state index in [9.17, 15) is 9.90 Å². The molecule has 3 N–H and O–H groups in total. The highest BCUT2D eigenvalue weighted by molar-refractivity contribution is 6.06. The summed E-state index contributed by atoms with van der Waals surface area (Å²) >= 11 is 0. The molecule has 0 heterocycles. The Labute approximate surface area is 112 Å². The van der Waals surface area contributed by atoms with Crippen LogP contribution in [0.5, 0.6) is 5.75 Å². The first kappa shape index (κ1) is 13.1. The van der Waals surface area contributed by atoms with Gasteiger partial charge in [0.25, 0.3) is 5.91 Å². The summed E-state index contributed by atoms with van der Waals surface area (Å²) in [6, 6.07) is 13.8. The second-order valence-corrected chi connectivity index (χ2v) is 4.25. The van der Waals surface area contributed by atoms with Crippen LogP contribution < -0.4 is 10.6 Å². The molecule has 4 nitrogen and oxygen atoms in total. The molecule has 0 aliphatic carbocycles. The van der Waals surface area contributed by atoms with E-state index < -0.39 is 0 Å². The van der Waals surface area contributed by atoms with Crippen LogP contribution in [-0.4, -0.2) is 18.1 Å². The lowest BCUT2D eigenvalue weighted by Gasteiger charge is -2.20. The third-order valence-electron chi connectivity index (χ3n) is 2.97. The van der Waals surface area contributed by atoms with E-state index in [4.69, 9.17) is 5.73 Å². The van der Waals surface area contributed by atoms with Gasteiger partial charge in [-0.25, -0.2) is 0 Å². The number of nitrogens with two attached hydrogens (primary N) is 1. The van der Waals surface area contributed by atoms with E-state index >= 15 is 0 Å². The minimum atomic E-state index is -0.184. The van der Waals surface area contributed by atoms with E-state index in [0.29, 0.717) is 12.1 Å². The normalized spacial score (nSPS) is 10.2. The Balaban J connectivity index is 2.33. The molecule has 2 aromatic rings. The maximum absolute atomic E-state index is 12.3. The number of nitrogens with zero attached hydrogens (tertiary/aromatic N) is 1. The molecule has 0 bridgehead atoms. The standard InChI is InChI=1S/C15H16N2O2/c1-17(14-8-3-2-5-12(14)10-16)15(19)11-6-4-7-13(18)9-11/h2-9,18H,10,16H2,1H3. The molecule has 0 atom stereocenters. The fraction of sp³-hybridized carbons (Fsp3) is 0.133. The van der Waals surface area contributed by atoms with E-state index in [2.05, 4.69) is 0 Å². The number of anilines is 1. The average molecular weight is 256 g/mol. The molecule has 0 saturated heterocycles. The quantitative estimate of drug-likeness (QED) is 0.884. The van der Waals surface area contributed by atoms with Crippen molar-refractivity contribution in [2.24, 2.45) is 5.73 Å². The first-order valence-corrected chi connectivity index (χ1v) is 5.98. The number of hydrogen-bond donors (Lipinski definition) is 2. The highest BCUT2D eigenvalue weighted by Gasteiger charge is 2.15. The van der Waals surface area contributed by atoms with Crippen LogP contribution in [-0.2, 0) is 6.54 Å². The van der Waals surface area contributed by atoms with Gasteiger partial charge < -0.3 is 15.7 Å². The van der Waals surface area contributed by atoms with Gasteiger partial charge in [-0.3, -0.25) is 4.79 Å². The molecule has 0 fully saturated rings. The SMILES string of the molecule is CN(C(=O)c1cccc(O)c1)c1ccccc1CN. The van der Waals surface area contributed by atoms with Crippen LogP contribution in [0, 0.1) is 0 Å². The van der Waals surface area contributed by atoms with E-state index in [-0.39, 0.29) is 11.7 Å². The Hall–Kier alpha value is -2.33. The summed E-state index contributed by atoms with van der Waals surface area (Å²) in [4.78, 5) is 13.9. The van der Waals surface area contributed by atoms with Crippen LogP contribution in [0.4, 0.5) is 5.69 Å². The number of phenols is 1. The molecule has 2 rings (SSSR count). The predicted molar refractivity (Wildman–Crippen MR) is 75.2 cm³/mol. The van der Waals surface area contributed by atoms with Crippen LogP contribution in [0.1, 0.15) is 15.9 Å². The summed E-state index contributed by atoms with van der Waals surface area (Å²) < 4.78 is 0. The van der Waals surface area contributed by atoms with Gasteiger partial charge in [0.2, 0.25) is 0 Å². The third kappa shape index (κ3) is 2.74. The van der Waals surface area contributed by atoms with Gasteiger partial charge in [-0.1, -0.05) is 24.3 Å². The van der Waals surface area contributed by atoms with Gasteiger partial charge in [-0.15, -0.1) is 0 Å². The Morgan fingerprint density at radius 3 is 2.63 bits per heavy atom. The van der Waals surface area contributed by atoms with Crippen molar-refractivity contribution < 1.29 is 9.90 Å². The molecule has 0 saturated carbocycles. The Bertz CT molecular complexity index is 596.